The first-order valence-corrected chi connectivity index (χ1v) is 10.1. The summed E-state index contributed by atoms with van der Waals surface area (Å²) in [6, 6.07) is 18.1. The molecule has 4 heterocycles. The molecule has 0 amide bonds. The molecule has 0 unspecified atom stereocenters. The first kappa shape index (κ1) is 17.2. The summed E-state index contributed by atoms with van der Waals surface area (Å²) in [6.07, 6.45) is 10.3. The summed E-state index contributed by atoms with van der Waals surface area (Å²) in [5.74, 6) is 0.738. The van der Waals surface area contributed by atoms with E-state index < -0.39 is 0 Å². The summed E-state index contributed by atoms with van der Waals surface area (Å²) in [5.41, 5.74) is 5.13. The van der Waals surface area contributed by atoms with Crippen molar-refractivity contribution in [2.75, 3.05) is 0 Å². The Morgan fingerprint density at radius 3 is 2.60 bits per heavy atom. The van der Waals surface area contributed by atoms with Crippen molar-refractivity contribution in [1.82, 2.24) is 24.3 Å². The zero-order valence-electron chi connectivity index (χ0n) is 15.8. The molecule has 5 nitrogen and oxygen atoms in total. The predicted octanol–water partition coefficient (Wildman–Crippen LogP) is 5.80. The lowest BCUT2D eigenvalue weighted by Gasteiger charge is -2.10. The Balaban J connectivity index is 1.60. The van der Waals surface area contributed by atoms with E-state index in [2.05, 4.69) is 34.3 Å². The van der Waals surface area contributed by atoms with Gasteiger partial charge in [0.05, 0.1) is 17.1 Å². The predicted molar refractivity (Wildman–Crippen MR) is 120 cm³/mol. The molecular weight excluding hydrogens is 394 g/mol. The Bertz CT molecular complexity index is 1430. The fraction of sp³-hybridized carbons (Fsp3) is 0.0417. The average molecular weight is 410 g/mol. The molecule has 0 bridgehead atoms. The van der Waals surface area contributed by atoms with Gasteiger partial charge in [0.1, 0.15) is 11.3 Å². The third-order valence-corrected chi connectivity index (χ3v) is 5.60. The van der Waals surface area contributed by atoms with Crippen LogP contribution >= 0.6 is 11.6 Å². The number of aromatic amines is 1. The lowest BCUT2D eigenvalue weighted by atomic mass is 10.1. The first-order valence-electron chi connectivity index (χ1n) is 9.71. The Morgan fingerprint density at radius 1 is 0.900 bits per heavy atom. The van der Waals surface area contributed by atoms with Gasteiger partial charge >= 0.3 is 0 Å². The molecule has 144 valence electrons. The van der Waals surface area contributed by atoms with Gasteiger partial charge in [-0.05, 0) is 30.3 Å². The zero-order valence-corrected chi connectivity index (χ0v) is 16.6. The van der Waals surface area contributed by atoms with Gasteiger partial charge in [0.25, 0.3) is 0 Å². The van der Waals surface area contributed by atoms with Crippen molar-refractivity contribution in [2.45, 2.75) is 5.92 Å². The molecule has 0 atom stereocenters. The summed E-state index contributed by atoms with van der Waals surface area (Å²) >= 11 is 6.55. The van der Waals surface area contributed by atoms with Crippen molar-refractivity contribution in [3.63, 3.8) is 0 Å². The van der Waals surface area contributed by atoms with Crippen LogP contribution in [0.15, 0.2) is 85.1 Å². The van der Waals surface area contributed by atoms with Crippen LogP contribution in [0.3, 0.4) is 0 Å². The molecule has 1 aliphatic carbocycles. The maximum absolute atomic E-state index is 6.55. The molecule has 0 saturated carbocycles. The smallest absolute Gasteiger partial charge is 0.176 e. The van der Waals surface area contributed by atoms with Crippen molar-refractivity contribution < 1.29 is 0 Å². The molecule has 0 spiro atoms. The van der Waals surface area contributed by atoms with E-state index in [1.165, 1.54) is 0 Å². The standard InChI is InChI=1S/C24H16ClN5/c25-23-22(30-12-6-5-11-21(30)29-23)19-14-18(15-7-1-2-8-15)27-24(28-19)20-13-16-9-3-4-10-17(16)26-20/h1-15,26H. The van der Waals surface area contributed by atoms with Gasteiger partial charge in [0, 0.05) is 23.0 Å². The molecule has 0 aliphatic heterocycles. The van der Waals surface area contributed by atoms with Crippen LogP contribution in [0.25, 0.3) is 39.5 Å². The summed E-state index contributed by atoms with van der Waals surface area (Å²) < 4.78 is 1.96. The zero-order chi connectivity index (χ0) is 20.1. The molecule has 1 aromatic carbocycles. The fourth-order valence-electron chi connectivity index (χ4n) is 3.90. The van der Waals surface area contributed by atoms with Crippen molar-refractivity contribution >= 4 is 28.2 Å². The first-order chi connectivity index (χ1) is 14.8. The van der Waals surface area contributed by atoms with Gasteiger partial charge < -0.3 is 4.98 Å². The average Bonchev–Trinajstić information content (AvgIpc) is 3.50. The molecule has 6 heteroatoms. The maximum atomic E-state index is 6.55. The van der Waals surface area contributed by atoms with Crippen LogP contribution < -0.4 is 0 Å². The van der Waals surface area contributed by atoms with Gasteiger partial charge in [0.15, 0.2) is 11.0 Å². The van der Waals surface area contributed by atoms with Crippen LogP contribution in [-0.2, 0) is 0 Å². The molecule has 1 N–H and O–H groups in total. The highest BCUT2D eigenvalue weighted by Crippen LogP contribution is 2.32. The number of aromatic nitrogens is 5. The van der Waals surface area contributed by atoms with E-state index in [0.717, 1.165) is 39.3 Å². The molecule has 0 saturated heterocycles. The molecule has 5 aromatic rings. The van der Waals surface area contributed by atoms with Gasteiger partial charge in [-0.1, -0.05) is 60.2 Å². The van der Waals surface area contributed by atoms with Crippen LogP contribution in [0.2, 0.25) is 5.15 Å². The highest BCUT2D eigenvalue weighted by Gasteiger charge is 2.20. The number of pyridine rings is 1. The van der Waals surface area contributed by atoms with Crippen LogP contribution in [0.5, 0.6) is 0 Å². The van der Waals surface area contributed by atoms with Gasteiger partial charge in [-0.2, -0.15) is 0 Å². The minimum Gasteiger partial charge on any atom is -0.352 e. The number of H-pyrrole nitrogens is 1. The van der Waals surface area contributed by atoms with E-state index in [1.807, 2.05) is 65.2 Å². The Labute approximate surface area is 177 Å². The van der Waals surface area contributed by atoms with E-state index in [1.54, 1.807) is 0 Å². The summed E-state index contributed by atoms with van der Waals surface area (Å²) in [4.78, 5) is 17.7. The number of benzene rings is 1. The third kappa shape index (κ3) is 2.75. The number of imidazole rings is 1. The highest BCUT2D eigenvalue weighted by atomic mass is 35.5. The number of hydrogen-bond donors (Lipinski definition) is 1. The fourth-order valence-corrected chi connectivity index (χ4v) is 4.17. The van der Waals surface area contributed by atoms with Crippen molar-refractivity contribution in [3.05, 3.63) is 95.9 Å². The number of nitrogens with zero attached hydrogens (tertiary/aromatic N) is 4. The number of fused-ring (bicyclic) bond motifs is 2. The monoisotopic (exact) mass is 409 g/mol. The van der Waals surface area contributed by atoms with E-state index in [4.69, 9.17) is 21.6 Å². The minimum absolute atomic E-state index is 0.104. The van der Waals surface area contributed by atoms with Crippen LogP contribution in [0.1, 0.15) is 11.6 Å². The van der Waals surface area contributed by atoms with E-state index in [9.17, 15) is 0 Å². The summed E-state index contributed by atoms with van der Waals surface area (Å²) in [5, 5.41) is 1.54. The number of rotatable bonds is 3. The second-order valence-electron chi connectivity index (χ2n) is 7.25. The summed E-state index contributed by atoms with van der Waals surface area (Å²) in [6.45, 7) is 0. The Morgan fingerprint density at radius 2 is 1.73 bits per heavy atom. The molecular formula is C24H16ClN5. The largest absolute Gasteiger partial charge is 0.352 e. The van der Waals surface area contributed by atoms with E-state index >= 15 is 0 Å². The molecule has 0 fully saturated rings. The molecule has 30 heavy (non-hydrogen) atoms. The van der Waals surface area contributed by atoms with Crippen molar-refractivity contribution in [2.24, 2.45) is 0 Å². The number of para-hydroxylation sites is 1. The number of allylic oxidation sites excluding steroid dienone is 4. The second kappa shape index (κ2) is 6.68. The molecule has 6 rings (SSSR count). The second-order valence-corrected chi connectivity index (χ2v) is 7.61. The number of nitrogens with one attached hydrogen (secondary N) is 1. The minimum atomic E-state index is 0.104. The lowest BCUT2D eigenvalue weighted by Crippen LogP contribution is -2.02. The van der Waals surface area contributed by atoms with Gasteiger partial charge in [-0.25, -0.2) is 15.0 Å². The highest BCUT2D eigenvalue weighted by molar-refractivity contribution is 6.32. The van der Waals surface area contributed by atoms with Crippen LogP contribution in [0, 0.1) is 0 Å². The Hall–Kier alpha value is -3.70. The van der Waals surface area contributed by atoms with Crippen molar-refractivity contribution in [3.8, 4) is 22.9 Å². The van der Waals surface area contributed by atoms with Gasteiger partial charge in [-0.15, -0.1) is 0 Å². The van der Waals surface area contributed by atoms with Gasteiger partial charge in [0.2, 0.25) is 0 Å². The summed E-state index contributed by atoms with van der Waals surface area (Å²) in [7, 11) is 0. The van der Waals surface area contributed by atoms with E-state index in [0.29, 0.717) is 11.0 Å². The molecule has 1 aliphatic rings. The number of halogens is 1. The molecule has 0 radical (unpaired) electrons. The topological polar surface area (TPSA) is 58.9 Å². The number of hydrogen-bond acceptors (Lipinski definition) is 3. The lowest BCUT2D eigenvalue weighted by molar-refractivity contribution is 0.976. The quantitative estimate of drug-likeness (QED) is 0.409. The maximum Gasteiger partial charge on any atom is 0.176 e. The van der Waals surface area contributed by atoms with Crippen LogP contribution in [-0.4, -0.2) is 24.3 Å². The van der Waals surface area contributed by atoms with Crippen LogP contribution in [0.4, 0.5) is 0 Å². The normalized spacial score (nSPS) is 13.8. The van der Waals surface area contributed by atoms with E-state index in [-0.39, 0.29) is 5.92 Å². The SMILES string of the molecule is Clc1nc2ccccn2c1-c1cc(C2C=CC=C2)nc(-c2cc3ccccc3[nH]2)n1. The van der Waals surface area contributed by atoms with Gasteiger partial charge in [-0.3, -0.25) is 4.40 Å². The molecule has 4 aromatic heterocycles. The third-order valence-electron chi connectivity index (χ3n) is 5.34. The van der Waals surface area contributed by atoms with Crippen molar-refractivity contribution in [1.29, 1.82) is 0 Å². The Kier molecular flexibility index (Phi) is 3.82.